The van der Waals surface area contributed by atoms with Gasteiger partial charge in [-0.25, -0.2) is 13.1 Å². The number of ether oxygens (including phenoxy) is 1. The van der Waals surface area contributed by atoms with Crippen LogP contribution in [0.4, 0.5) is 5.69 Å². The fourth-order valence-electron chi connectivity index (χ4n) is 1.44. The average molecular weight is 366 g/mol. The summed E-state index contributed by atoms with van der Waals surface area (Å²) < 4.78 is 32.6. The number of nitrogens with two attached hydrogens (primary N) is 1. The van der Waals surface area contributed by atoms with Gasteiger partial charge < -0.3 is 15.4 Å². The van der Waals surface area contributed by atoms with Gasteiger partial charge in [0.25, 0.3) is 0 Å². The lowest BCUT2D eigenvalue weighted by Gasteiger charge is -2.11. The third-order valence-corrected chi connectivity index (χ3v) is 4.51. The molecule has 0 aliphatic carbocycles. The molecule has 0 aliphatic heterocycles. The van der Waals surface area contributed by atoms with Gasteiger partial charge in [0.1, 0.15) is 4.90 Å². The van der Waals surface area contributed by atoms with E-state index in [0.29, 0.717) is 13.2 Å². The first-order chi connectivity index (χ1) is 9.33. The van der Waals surface area contributed by atoms with Gasteiger partial charge >= 0.3 is 0 Å². The zero-order valence-electron chi connectivity index (χ0n) is 11.6. The van der Waals surface area contributed by atoms with Crippen LogP contribution in [0.5, 0.6) is 0 Å². The van der Waals surface area contributed by atoms with Crippen LogP contribution in [0, 0.1) is 0 Å². The van der Waals surface area contributed by atoms with Crippen LogP contribution >= 0.6 is 15.9 Å². The lowest BCUT2D eigenvalue weighted by atomic mass is 10.3. The van der Waals surface area contributed by atoms with Crippen LogP contribution in [0.3, 0.4) is 0 Å². The lowest BCUT2D eigenvalue weighted by Crippen LogP contribution is -2.29. The summed E-state index contributed by atoms with van der Waals surface area (Å²) in [5, 5.41) is 0. The molecule has 1 aromatic carbocycles. The quantitative estimate of drug-likeness (QED) is 0.527. The number of sulfonamides is 1. The van der Waals surface area contributed by atoms with E-state index in [1.165, 1.54) is 6.07 Å². The number of hydrogen-bond donors (Lipinski definition) is 2. The van der Waals surface area contributed by atoms with Crippen LogP contribution in [-0.4, -0.2) is 53.7 Å². The number of likely N-dealkylation sites (N-methyl/N-ethyl adjacent to an activating group) is 1. The first-order valence-electron chi connectivity index (χ1n) is 6.10. The number of benzene rings is 1. The summed E-state index contributed by atoms with van der Waals surface area (Å²) >= 11 is 3.24. The summed E-state index contributed by atoms with van der Waals surface area (Å²) in [7, 11) is 0.296. The molecule has 0 saturated heterocycles. The minimum atomic E-state index is -3.60. The number of halogens is 1. The second-order valence-electron chi connectivity index (χ2n) is 4.50. The van der Waals surface area contributed by atoms with Gasteiger partial charge in [0.15, 0.2) is 0 Å². The van der Waals surface area contributed by atoms with Gasteiger partial charge in [0.2, 0.25) is 10.0 Å². The second-order valence-corrected chi connectivity index (χ2v) is 7.15. The standard InChI is InChI=1S/C12H20BrN3O3S/c1-16(2)6-8-19-7-5-15-20(17,18)12-4-3-10(13)9-11(12)14/h3-4,9,15H,5-8,14H2,1-2H3. The molecule has 0 fully saturated rings. The summed E-state index contributed by atoms with van der Waals surface area (Å²) in [5.41, 5.74) is 5.92. The topological polar surface area (TPSA) is 84.7 Å². The second kappa shape index (κ2) is 7.94. The number of rotatable bonds is 8. The molecule has 0 unspecified atom stereocenters. The molecule has 6 nitrogen and oxygen atoms in total. The van der Waals surface area contributed by atoms with Gasteiger partial charge in [-0.05, 0) is 32.3 Å². The van der Waals surface area contributed by atoms with E-state index in [9.17, 15) is 8.42 Å². The predicted molar refractivity (Wildman–Crippen MR) is 83.1 cm³/mol. The number of hydrogen-bond acceptors (Lipinski definition) is 5. The van der Waals surface area contributed by atoms with Gasteiger partial charge in [-0.2, -0.15) is 0 Å². The van der Waals surface area contributed by atoms with E-state index in [2.05, 4.69) is 20.7 Å². The molecule has 114 valence electrons. The van der Waals surface area contributed by atoms with Crippen molar-refractivity contribution in [2.24, 2.45) is 0 Å². The Kier molecular flexibility index (Phi) is 6.90. The first kappa shape index (κ1) is 17.4. The molecule has 1 rings (SSSR count). The Bertz CT molecular complexity index is 535. The number of anilines is 1. The Morgan fingerprint density at radius 3 is 2.65 bits per heavy atom. The predicted octanol–water partition coefficient (Wildman–Crippen LogP) is 0.888. The summed E-state index contributed by atoms with van der Waals surface area (Å²) in [6.45, 7) is 1.90. The average Bonchev–Trinajstić information content (AvgIpc) is 2.32. The summed E-state index contributed by atoms with van der Waals surface area (Å²) in [6, 6.07) is 4.66. The van der Waals surface area contributed by atoms with Crippen LogP contribution in [0.25, 0.3) is 0 Å². The van der Waals surface area contributed by atoms with Crippen LogP contribution < -0.4 is 10.5 Å². The normalized spacial score (nSPS) is 12.0. The Labute approximate surface area is 128 Å². The van der Waals surface area contributed by atoms with Crippen molar-refractivity contribution in [1.29, 1.82) is 0 Å². The maximum absolute atomic E-state index is 12.0. The van der Waals surface area contributed by atoms with Gasteiger partial charge in [-0.3, -0.25) is 0 Å². The Morgan fingerprint density at radius 2 is 2.05 bits per heavy atom. The summed E-state index contributed by atoms with van der Waals surface area (Å²) in [6.07, 6.45) is 0. The van der Waals surface area contributed by atoms with E-state index in [-0.39, 0.29) is 17.1 Å². The lowest BCUT2D eigenvalue weighted by molar-refractivity contribution is 0.122. The van der Waals surface area contributed by atoms with Gasteiger partial charge in [0, 0.05) is 17.6 Å². The highest BCUT2D eigenvalue weighted by atomic mass is 79.9. The molecule has 0 aliphatic rings. The van der Waals surface area contributed by atoms with E-state index in [0.717, 1.165) is 11.0 Å². The smallest absolute Gasteiger partial charge is 0.242 e. The van der Waals surface area contributed by atoms with Crippen LogP contribution in [0.2, 0.25) is 0 Å². The fourth-order valence-corrected chi connectivity index (χ4v) is 2.94. The van der Waals surface area contributed by atoms with Crippen molar-refractivity contribution in [3.05, 3.63) is 22.7 Å². The minimum absolute atomic E-state index is 0.0778. The van der Waals surface area contributed by atoms with Gasteiger partial charge in [-0.1, -0.05) is 15.9 Å². The third-order valence-electron chi connectivity index (χ3n) is 2.48. The van der Waals surface area contributed by atoms with E-state index in [1.807, 2.05) is 19.0 Å². The monoisotopic (exact) mass is 365 g/mol. The van der Waals surface area contributed by atoms with Crippen LogP contribution in [-0.2, 0) is 14.8 Å². The van der Waals surface area contributed by atoms with Gasteiger partial charge in [0.05, 0.1) is 18.9 Å². The molecule has 3 N–H and O–H groups in total. The fraction of sp³-hybridized carbons (Fsp3) is 0.500. The molecule has 0 amide bonds. The highest BCUT2D eigenvalue weighted by Gasteiger charge is 2.16. The Hall–Kier alpha value is -0.670. The van der Waals surface area contributed by atoms with Crippen molar-refractivity contribution in [1.82, 2.24) is 9.62 Å². The molecule has 0 radical (unpaired) electrons. The highest BCUT2D eigenvalue weighted by Crippen LogP contribution is 2.22. The van der Waals surface area contributed by atoms with Gasteiger partial charge in [-0.15, -0.1) is 0 Å². The molecule has 0 saturated carbocycles. The van der Waals surface area contributed by atoms with E-state index < -0.39 is 10.0 Å². The van der Waals surface area contributed by atoms with Crippen molar-refractivity contribution in [2.45, 2.75) is 4.90 Å². The van der Waals surface area contributed by atoms with Crippen LogP contribution in [0.1, 0.15) is 0 Å². The van der Waals surface area contributed by atoms with Crippen molar-refractivity contribution in [3.8, 4) is 0 Å². The number of nitrogens with one attached hydrogen (secondary N) is 1. The molecule has 0 aromatic heterocycles. The molecule has 8 heteroatoms. The molecule has 0 heterocycles. The molecule has 0 bridgehead atoms. The van der Waals surface area contributed by atoms with E-state index >= 15 is 0 Å². The van der Waals surface area contributed by atoms with E-state index in [1.54, 1.807) is 12.1 Å². The zero-order chi connectivity index (χ0) is 15.2. The van der Waals surface area contributed by atoms with Crippen molar-refractivity contribution >= 4 is 31.6 Å². The van der Waals surface area contributed by atoms with Crippen molar-refractivity contribution in [3.63, 3.8) is 0 Å². The number of nitrogen functional groups attached to an aromatic ring is 1. The Morgan fingerprint density at radius 1 is 1.35 bits per heavy atom. The summed E-state index contributed by atoms with van der Waals surface area (Å²) in [5.74, 6) is 0. The van der Waals surface area contributed by atoms with E-state index in [4.69, 9.17) is 10.5 Å². The Balaban J connectivity index is 2.46. The summed E-state index contributed by atoms with van der Waals surface area (Å²) in [4.78, 5) is 2.07. The highest BCUT2D eigenvalue weighted by molar-refractivity contribution is 9.10. The number of nitrogens with zero attached hydrogens (tertiary/aromatic N) is 1. The SMILES string of the molecule is CN(C)CCOCCNS(=O)(=O)c1ccc(Br)cc1N. The molecular weight excluding hydrogens is 346 g/mol. The van der Waals surface area contributed by atoms with Crippen molar-refractivity contribution in [2.75, 3.05) is 46.1 Å². The molecule has 1 aromatic rings. The maximum Gasteiger partial charge on any atom is 0.242 e. The van der Waals surface area contributed by atoms with Crippen LogP contribution in [0.15, 0.2) is 27.6 Å². The molecule has 0 atom stereocenters. The molecular formula is C12H20BrN3O3S. The molecule has 20 heavy (non-hydrogen) atoms. The largest absolute Gasteiger partial charge is 0.398 e. The minimum Gasteiger partial charge on any atom is -0.398 e. The zero-order valence-corrected chi connectivity index (χ0v) is 14.0. The third kappa shape index (κ3) is 5.76. The molecule has 0 spiro atoms. The maximum atomic E-state index is 12.0. The van der Waals surface area contributed by atoms with Crippen molar-refractivity contribution < 1.29 is 13.2 Å². The first-order valence-corrected chi connectivity index (χ1v) is 8.37.